The molecule has 0 bridgehead atoms. The standard InChI is InChI=1S/C10H19N5O3/c1-6(16)5-15-8(17)7(14-10(15)18)3-2-4-13-9(11)12/h7,10,14,18H,2-5H2,1H3,(H4,11,12,13)/t7-,10?/m0/s1. The van der Waals surface area contributed by atoms with Crippen LogP contribution in [0.4, 0.5) is 0 Å². The lowest BCUT2D eigenvalue weighted by molar-refractivity contribution is -0.138. The van der Waals surface area contributed by atoms with E-state index >= 15 is 0 Å². The molecule has 0 aromatic carbocycles. The van der Waals surface area contributed by atoms with Crippen LogP contribution < -0.4 is 16.8 Å². The second-order valence-corrected chi connectivity index (χ2v) is 4.21. The van der Waals surface area contributed by atoms with Crippen molar-refractivity contribution >= 4 is 17.6 Å². The van der Waals surface area contributed by atoms with Gasteiger partial charge in [-0.3, -0.25) is 24.8 Å². The molecule has 1 unspecified atom stereocenters. The first-order chi connectivity index (χ1) is 8.41. The number of carbonyl (C=O) groups is 2. The first-order valence-corrected chi connectivity index (χ1v) is 5.71. The highest BCUT2D eigenvalue weighted by Crippen LogP contribution is 2.13. The van der Waals surface area contributed by atoms with Gasteiger partial charge in [-0.25, -0.2) is 0 Å². The van der Waals surface area contributed by atoms with Crippen molar-refractivity contribution < 1.29 is 14.7 Å². The summed E-state index contributed by atoms with van der Waals surface area (Å²) in [6, 6.07) is -0.492. The molecular weight excluding hydrogens is 238 g/mol. The Hall–Kier alpha value is -1.67. The molecule has 1 rings (SSSR count). The van der Waals surface area contributed by atoms with E-state index in [1.165, 1.54) is 6.92 Å². The second kappa shape index (κ2) is 6.31. The minimum atomic E-state index is -1.10. The van der Waals surface area contributed by atoms with Gasteiger partial charge in [0.1, 0.15) is 5.78 Å². The summed E-state index contributed by atoms with van der Waals surface area (Å²) in [5.41, 5.74) is 10.3. The molecular formula is C10H19N5O3. The normalized spacial score (nSPS) is 23.2. The number of guanidine groups is 1. The quantitative estimate of drug-likeness (QED) is 0.240. The molecule has 0 radical (unpaired) electrons. The minimum absolute atomic E-state index is 0.0129. The Morgan fingerprint density at radius 2 is 2.22 bits per heavy atom. The van der Waals surface area contributed by atoms with Crippen molar-refractivity contribution in [1.29, 1.82) is 0 Å². The third-order valence-electron chi connectivity index (χ3n) is 2.56. The second-order valence-electron chi connectivity index (χ2n) is 4.21. The highest BCUT2D eigenvalue weighted by atomic mass is 16.3. The van der Waals surface area contributed by atoms with E-state index in [9.17, 15) is 14.7 Å². The van der Waals surface area contributed by atoms with E-state index in [-0.39, 0.29) is 24.2 Å². The van der Waals surface area contributed by atoms with Gasteiger partial charge in [0.2, 0.25) is 5.91 Å². The molecule has 1 aliphatic heterocycles. The molecule has 102 valence electrons. The lowest BCUT2D eigenvalue weighted by atomic mass is 10.1. The van der Waals surface area contributed by atoms with E-state index in [2.05, 4.69) is 10.3 Å². The Labute approximate surface area is 105 Å². The van der Waals surface area contributed by atoms with Gasteiger partial charge in [0.25, 0.3) is 0 Å². The lowest BCUT2D eigenvalue weighted by Crippen LogP contribution is -2.39. The van der Waals surface area contributed by atoms with E-state index in [1.807, 2.05) is 0 Å². The van der Waals surface area contributed by atoms with Crippen LogP contribution in [0.2, 0.25) is 0 Å². The van der Waals surface area contributed by atoms with Crippen LogP contribution >= 0.6 is 0 Å². The fourth-order valence-corrected chi connectivity index (χ4v) is 1.78. The monoisotopic (exact) mass is 257 g/mol. The van der Waals surface area contributed by atoms with Crippen molar-refractivity contribution in [3.63, 3.8) is 0 Å². The molecule has 1 amide bonds. The van der Waals surface area contributed by atoms with Gasteiger partial charge in [-0.05, 0) is 19.8 Å². The summed E-state index contributed by atoms with van der Waals surface area (Å²) in [5.74, 6) is -0.438. The maximum absolute atomic E-state index is 11.8. The molecule has 2 atom stereocenters. The Morgan fingerprint density at radius 1 is 1.56 bits per heavy atom. The zero-order valence-electron chi connectivity index (χ0n) is 10.3. The number of aliphatic hydroxyl groups is 1. The summed E-state index contributed by atoms with van der Waals surface area (Å²) < 4.78 is 0. The van der Waals surface area contributed by atoms with Crippen LogP contribution in [0.25, 0.3) is 0 Å². The number of carbonyl (C=O) groups excluding carboxylic acids is 2. The minimum Gasteiger partial charge on any atom is -0.370 e. The number of aliphatic hydroxyl groups excluding tert-OH is 1. The Balaban J connectivity index is 2.42. The van der Waals surface area contributed by atoms with Crippen molar-refractivity contribution in [2.45, 2.75) is 32.2 Å². The molecule has 18 heavy (non-hydrogen) atoms. The summed E-state index contributed by atoms with van der Waals surface area (Å²) in [7, 11) is 0. The molecule has 0 aromatic rings. The molecule has 8 nitrogen and oxygen atoms in total. The zero-order valence-corrected chi connectivity index (χ0v) is 10.3. The number of nitrogens with one attached hydrogen (secondary N) is 1. The number of nitrogens with zero attached hydrogens (tertiary/aromatic N) is 2. The smallest absolute Gasteiger partial charge is 0.243 e. The SMILES string of the molecule is CC(=O)CN1C(=O)[C@H](CCCN=C(N)N)NC1O. The Bertz CT molecular complexity index is 353. The van der Waals surface area contributed by atoms with Crippen molar-refractivity contribution in [3.05, 3.63) is 0 Å². The summed E-state index contributed by atoms with van der Waals surface area (Å²) in [4.78, 5) is 27.7. The fraction of sp³-hybridized carbons (Fsp3) is 0.700. The van der Waals surface area contributed by atoms with Crippen LogP contribution in [0.5, 0.6) is 0 Å². The van der Waals surface area contributed by atoms with Crippen LogP contribution in [-0.2, 0) is 9.59 Å². The molecule has 8 heteroatoms. The third kappa shape index (κ3) is 3.97. The third-order valence-corrected chi connectivity index (χ3v) is 2.56. The van der Waals surface area contributed by atoms with Crippen LogP contribution in [-0.4, -0.2) is 53.1 Å². The molecule has 0 aliphatic carbocycles. The molecule has 1 saturated heterocycles. The largest absolute Gasteiger partial charge is 0.370 e. The Morgan fingerprint density at radius 3 is 2.78 bits per heavy atom. The summed E-state index contributed by atoms with van der Waals surface area (Å²) >= 11 is 0. The first-order valence-electron chi connectivity index (χ1n) is 5.71. The zero-order chi connectivity index (χ0) is 13.7. The van der Waals surface area contributed by atoms with Crippen LogP contribution in [0, 0.1) is 0 Å². The number of hydrogen-bond acceptors (Lipinski definition) is 5. The predicted molar refractivity (Wildman–Crippen MR) is 65.2 cm³/mol. The van der Waals surface area contributed by atoms with Gasteiger partial charge in [0.15, 0.2) is 12.3 Å². The van der Waals surface area contributed by atoms with E-state index in [4.69, 9.17) is 11.5 Å². The first kappa shape index (κ1) is 14.4. The Kier molecular flexibility index (Phi) is 5.05. The molecule has 1 heterocycles. The molecule has 1 fully saturated rings. The maximum atomic E-state index is 11.8. The summed E-state index contributed by atoms with van der Waals surface area (Å²) in [5, 5.41) is 12.3. The molecule has 0 saturated carbocycles. The van der Waals surface area contributed by atoms with Gasteiger partial charge in [-0.1, -0.05) is 0 Å². The van der Waals surface area contributed by atoms with Gasteiger partial charge in [-0.15, -0.1) is 0 Å². The lowest BCUT2D eigenvalue weighted by Gasteiger charge is -2.17. The van der Waals surface area contributed by atoms with Crippen LogP contribution in [0.3, 0.4) is 0 Å². The number of ketones is 1. The van der Waals surface area contributed by atoms with Gasteiger partial charge < -0.3 is 16.6 Å². The van der Waals surface area contributed by atoms with E-state index in [0.717, 1.165) is 4.90 Å². The van der Waals surface area contributed by atoms with Gasteiger partial charge in [0.05, 0.1) is 12.6 Å². The van der Waals surface area contributed by atoms with Crippen LogP contribution in [0.15, 0.2) is 4.99 Å². The van der Waals surface area contributed by atoms with Crippen molar-refractivity contribution in [1.82, 2.24) is 10.2 Å². The van der Waals surface area contributed by atoms with Crippen molar-refractivity contribution in [2.24, 2.45) is 16.5 Å². The number of amides is 1. The molecule has 1 aliphatic rings. The average Bonchev–Trinajstić information content (AvgIpc) is 2.51. The van der Waals surface area contributed by atoms with Gasteiger partial charge in [-0.2, -0.15) is 0 Å². The van der Waals surface area contributed by atoms with E-state index in [0.29, 0.717) is 19.4 Å². The highest BCUT2D eigenvalue weighted by molar-refractivity contribution is 5.89. The van der Waals surface area contributed by atoms with Crippen LogP contribution in [0.1, 0.15) is 19.8 Å². The number of hydrogen-bond donors (Lipinski definition) is 4. The summed E-state index contributed by atoms with van der Waals surface area (Å²) in [6.45, 7) is 1.71. The fourth-order valence-electron chi connectivity index (χ4n) is 1.78. The van der Waals surface area contributed by atoms with Crippen molar-refractivity contribution in [2.75, 3.05) is 13.1 Å². The van der Waals surface area contributed by atoms with Gasteiger partial charge >= 0.3 is 0 Å². The number of aliphatic imine (C=N–C) groups is 1. The molecule has 0 spiro atoms. The molecule has 6 N–H and O–H groups in total. The topological polar surface area (TPSA) is 134 Å². The van der Waals surface area contributed by atoms with Crippen molar-refractivity contribution in [3.8, 4) is 0 Å². The number of nitrogens with two attached hydrogens (primary N) is 2. The highest BCUT2D eigenvalue weighted by Gasteiger charge is 2.37. The number of Topliss-reactive ketones (excluding diaryl/α,β-unsaturated/α-hetero) is 1. The van der Waals surface area contributed by atoms with E-state index in [1.54, 1.807) is 0 Å². The van der Waals surface area contributed by atoms with E-state index < -0.39 is 12.4 Å². The maximum Gasteiger partial charge on any atom is 0.243 e. The molecule has 0 aromatic heterocycles. The number of rotatable bonds is 6. The average molecular weight is 257 g/mol. The van der Waals surface area contributed by atoms with Gasteiger partial charge in [0, 0.05) is 6.54 Å². The summed E-state index contributed by atoms with van der Waals surface area (Å²) in [6.07, 6.45) is 0.0118. The predicted octanol–water partition coefficient (Wildman–Crippen LogP) is -2.29.